The van der Waals surface area contributed by atoms with Crippen molar-refractivity contribution in [3.8, 4) is 5.75 Å². The quantitative estimate of drug-likeness (QED) is 0.771. The second kappa shape index (κ2) is 6.28. The van der Waals surface area contributed by atoms with E-state index in [1.165, 1.54) is 0 Å². The van der Waals surface area contributed by atoms with Crippen molar-refractivity contribution in [2.24, 2.45) is 0 Å². The normalized spacial score (nSPS) is 12.4. The average Bonchev–Trinajstić information content (AvgIpc) is 2.29. The van der Waals surface area contributed by atoms with Crippen LogP contribution in [-0.4, -0.2) is 23.5 Å². The Morgan fingerprint density at radius 1 is 1.38 bits per heavy atom. The molecule has 0 spiro atoms. The molecule has 3 nitrogen and oxygen atoms in total. The Hall–Kier alpha value is -1.35. The molecule has 0 saturated heterocycles. The van der Waals surface area contributed by atoms with Crippen LogP contribution in [0.15, 0.2) is 24.3 Å². The molecule has 0 bridgehead atoms. The van der Waals surface area contributed by atoms with E-state index in [2.05, 4.69) is 19.2 Å². The number of Topliss-reactive ketones (excluding diaryl/α,β-unsaturated/α-hetero) is 1. The second-order valence-electron chi connectivity index (χ2n) is 4.07. The van der Waals surface area contributed by atoms with Crippen LogP contribution in [-0.2, 0) is 11.2 Å². The van der Waals surface area contributed by atoms with E-state index in [1.807, 2.05) is 0 Å². The van der Waals surface area contributed by atoms with E-state index < -0.39 is 0 Å². The molecule has 0 fully saturated rings. The van der Waals surface area contributed by atoms with Gasteiger partial charge in [-0.1, -0.05) is 19.1 Å². The van der Waals surface area contributed by atoms with Crippen molar-refractivity contribution in [1.82, 2.24) is 5.32 Å². The maximum Gasteiger partial charge on any atom is 0.150 e. The van der Waals surface area contributed by atoms with Gasteiger partial charge in [-0.3, -0.25) is 4.79 Å². The summed E-state index contributed by atoms with van der Waals surface area (Å²) >= 11 is 0. The smallest absolute Gasteiger partial charge is 0.150 e. The van der Waals surface area contributed by atoms with Crippen molar-refractivity contribution in [2.45, 2.75) is 32.7 Å². The fraction of sp³-hybridized carbons (Fsp3) is 0.462. The highest BCUT2D eigenvalue weighted by Crippen LogP contribution is 2.10. The van der Waals surface area contributed by atoms with Crippen molar-refractivity contribution < 1.29 is 9.90 Å². The molecule has 2 N–H and O–H groups in total. The monoisotopic (exact) mass is 221 g/mol. The fourth-order valence-electron chi connectivity index (χ4n) is 1.34. The number of phenols is 1. The Labute approximate surface area is 96.5 Å². The number of hydrogen-bond donors (Lipinski definition) is 2. The lowest BCUT2D eigenvalue weighted by Gasteiger charge is -2.10. The number of hydrogen-bond acceptors (Lipinski definition) is 3. The zero-order valence-electron chi connectivity index (χ0n) is 9.86. The maximum atomic E-state index is 11.6. The minimum Gasteiger partial charge on any atom is -0.508 e. The molecule has 16 heavy (non-hydrogen) atoms. The first kappa shape index (κ1) is 12.7. The number of benzene rings is 1. The predicted molar refractivity (Wildman–Crippen MR) is 64.6 cm³/mol. The van der Waals surface area contributed by atoms with Gasteiger partial charge >= 0.3 is 0 Å². The molecule has 0 radical (unpaired) electrons. The molecule has 1 rings (SSSR count). The summed E-state index contributed by atoms with van der Waals surface area (Å²) < 4.78 is 0. The van der Waals surface area contributed by atoms with Crippen molar-refractivity contribution in [1.29, 1.82) is 0 Å². The molecule has 0 aromatic heterocycles. The van der Waals surface area contributed by atoms with Gasteiger partial charge in [-0.25, -0.2) is 0 Å². The average molecular weight is 221 g/mol. The predicted octanol–water partition coefficient (Wildman–Crippen LogP) is 1.89. The number of aromatic hydroxyl groups is 1. The van der Waals surface area contributed by atoms with Gasteiger partial charge in [-0.05, 0) is 31.0 Å². The molecule has 0 amide bonds. The third-order valence-corrected chi connectivity index (χ3v) is 2.60. The molecule has 1 unspecified atom stereocenters. The van der Waals surface area contributed by atoms with Crippen LogP contribution in [0, 0.1) is 0 Å². The summed E-state index contributed by atoms with van der Waals surface area (Å²) in [5.74, 6) is 0.403. The third-order valence-electron chi connectivity index (χ3n) is 2.60. The summed E-state index contributed by atoms with van der Waals surface area (Å²) in [6, 6.07) is 7.13. The summed E-state index contributed by atoms with van der Waals surface area (Å²) in [6.45, 7) is 4.56. The molecule has 0 heterocycles. The lowest BCUT2D eigenvalue weighted by molar-refractivity contribution is -0.117. The third kappa shape index (κ3) is 4.45. The van der Waals surface area contributed by atoms with Gasteiger partial charge in [0.25, 0.3) is 0 Å². The Kier molecular flexibility index (Phi) is 4.99. The van der Waals surface area contributed by atoms with Crippen LogP contribution in [0.25, 0.3) is 0 Å². The molecule has 3 heteroatoms. The maximum absolute atomic E-state index is 11.6. The lowest BCUT2D eigenvalue weighted by atomic mass is 10.1. The molecular weight excluding hydrogens is 202 g/mol. The molecule has 0 saturated carbocycles. The van der Waals surface area contributed by atoms with Crippen LogP contribution in [0.2, 0.25) is 0 Å². The van der Waals surface area contributed by atoms with Crippen molar-refractivity contribution in [3.63, 3.8) is 0 Å². The SMILES string of the molecule is CCC(C)NCC(=O)Cc1ccc(O)cc1. The molecular formula is C13H19NO2. The second-order valence-corrected chi connectivity index (χ2v) is 4.07. The van der Waals surface area contributed by atoms with Gasteiger partial charge in [0.1, 0.15) is 5.75 Å². The van der Waals surface area contributed by atoms with E-state index in [1.54, 1.807) is 24.3 Å². The van der Waals surface area contributed by atoms with Crippen LogP contribution in [0.3, 0.4) is 0 Å². The first-order chi connectivity index (χ1) is 7.61. The molecule has 1 aromatic rings. The van der Waals surface area contributed by atoms with Gasteiger partial charge in [0.05, 0.1) is 6.54 Å². The lowest BCUT2D eigenvalue weighted by Crippen LogP contribution is -2.31. The number of ketones is 1. The zero-order chi connectivity index (χ0) is 12.0. The van der Waals surface area contributed by atoms with E-state index in [0.29, 0.717) is 19.0 Å². The van der Waals surface area contributed by atoms with Crippen molar-refractivity contribution in [3.05, 3.63) is 29.8 Å². The fourth-order valence-corrected chi connectivity index (χ4v) is 1.34. The summed E-state index contributed by atoms with van der Waals surface area (Å²) in [5.41, 5.74) is 0.939. The van der Waals surface area contributed by atoms with Gasteiger partial charge in [-0.15, -0.1) is 0 Å². The number of carbonyl (C=O) groups is 1. The summed E-state index contributed by atoms with van der Waals surface area (Å²) in [5, 5.41) is 12.3. The van der Waals surface area contributed by atoms with Crippen LogP contribution in [0.4, 0.5) is 0 Å². The van der Waals surface area contributed by atoms with Gasteiger partial charge in [0.15, 0.2) is 5.78 Å². The Bertz CT molecular complexity index is 332. The minimum atomic E-state index is 0.172. The largest absolute Gasteiger partial charge is 0.508 e. The van der Waals surface area contributed by atoms with E-state index in [4.69, 9.17) is 5.11 Å². The minimum absolute atomic E-state index is 0.172. The van der Waals surface area contributed by atoms with Gasteiger partial charge in [0, 0.05) is 12.5 Å². The summed E-state index contributed by atoms with van der Waals surface area (Å²) in [4.78, 5) is 11.6. The van der Waals surface area contributed by atoms with Crippen molar-refractivity contribution >= 4 is 5.78 Å². The number of nitrogens with one attached hydrogen (secondary N) is 1. The van der Waals surface area contributed by atoms with Gasteiger partial charge in [-0.2, -0.15) is 0 Å². The number of rotatable bonds is 6. The Balaban J connectivity index is 2.37. The van der Waals surface area contributed by atoms with E-state index >= 15 is 0 Å². The van der Waals surface area contributed by atoms with E-state index in [-0.39, 0.29) is 11.5 Å². The highest BCUT2D eigenvalue weighted by molar-refractivity contribution is 5.82. The highest BCUT2D eigenvalue weighted by atomic mass is 16.3. The summed E-state index contributed by atoms with van der Waals surface area (Å²) in [7, 11) is 0. The van der Waals surface area contributed by atoms with E-state index in [9.17, 15) is 4.79 Å². The highest BCUT2D eigenvalue weighted by Gasteiger charge is 2.05. The number of carbonyl (C=O) groups excluding carboxylic acids is 1. The van der Waals surface area contributed by atoms with Crippen LogP contribution in [0.1, 0.15) is 25.8 Å². The molecule has 1 aromatic carbocycles. The zero-order valence-corrected chi connectivity index (χ0v) is 9.86. The number of phenolic OH excluding ortho intramolecular Hbond substituents is 1. The first-order valence-electron chi connectivity index (χ1n) is 5.64. The Morgan fingerprint density at radius 2 is 2.00 bits per heavy atom. The standard InChI is InChI=1S/C13H19NO2/c1-3-10(2)14-9-13(16)8-11-4-6-12(15)7-5-11/h4-7,10,14-15H,3,8-9H2,1-2H3. The first-order valence-corrected chi connectivity index (χ1v) is 5.64. The van der Waals surface area contributed by atoms with Crippen molar-refractivity contribution in [2.75, 3.05) is 6.54 Å². The van der Waals surface area contributed by atoms with Crippen LogP contribution in [0.5, 0.6) is 5.75 Å². The molecule has 0 aliphatic carbocycles. The van der Waals surface area contributed by atoms with E-state index in [0.717, 1.165) is 12.0 Å². The topological polar surface area (TPSA) is 49.3 Å². The molecule has 0 aliphatic rings. The van der Waals surface area contributed by atoms with Crippen LogP contribution < -0.4 is 5.32 Å². The Morgan fingerprint density at radius 3 is 2.56 bits per heavy atom. The van der Waals surface area contributed by atoms with Gasteiger partial charge in [0.2, 0.25) is 0 Å². The van der Waals surface area contributed by atoms with Gasteiger partial charge < -0.3 is 10.4 Å². The molecule has 1 atom stereocenters. The summed E-state index contributed by atoms with van der Waals surface area (Å²) in [6.07, 6.45) is 1.44. The van der Waals surface area contributed by atoms with Crippen LogP contribution >= 0.6 is 0 Å². The molecule has 88 valence electrons. The molecule has 0 aliphatic heterocycles.